The summed E-state index contributed by atoms with van der Waals surface area (Å²) in [4.78, 5) is 13.9. The number of Topliss-reactive ketones (excluding diaryl/α,β-unsaturated/α-hetero) is 1. The lowest BCUT2D eigenvalue weighted by Gasteiger charge is -2.35. The third-order valence-electron chi connectivity index (χ3n) is 8.61. The summed E-state index contributed by atoms with van der Waals surface area (Å²) in [5.74, 6) is -0.293. The number of anilines is 1. The number of nitrogens with one attached hydrogen (secondary N) is 1. The van der Waals surface area contributed by atoms with Gasteiger partial charge < -0.3 is 5.32 Å². The predicted octanol–water partition coefficient (Wildman–Crippen LogP) is 9.56. The first-order valence-corrected chi connectivity index (χ1v) is 14.1. The van der Waals surface area contributed by atoms with Gasteiger partial charge in [-0.3, -0.25) is 4.79 Å². The topological polar surface area (TPSA) is 46.9 Å². The molecule has 0 amide bonds. The minimum absolute atomic E-state index is 0.0174. The highest BCUT2D eigenvalue weighted by Crippen LogP contribution is 2.45. The summed E-state index contributed by atoms with van der Waals surface area (Å²) in [5.41, 5.74) is 1.50. The van der Waals surface area contributed by atoms with Gasteiger partial charge in [0.15, 0.2) is 11.8 Å². The zero-order valence-electron chi connectivity index (χ0n) is 23.6. The van der Waals surface area contributed by atoms with Crippen LogP contribution >= 0.6 is 0 Å². The molecule has 2 heterocycles. The number of hydrogen-bond acceptors (Lipinski definition) is 3. The van der Waals surface area contributed by atoms with Crippen molar-refractivity contribution in [2.45, 2.75) is 69.4 Å². The highest BCUT2D eigenvalue weighted by molar-refractivity contribution is 6.01. The van der Waals surface area contributed by atoms with E-state index in [1.807, 2.05) is 26.0 Å². The zero-order valence-corrected chi connectivity index (χ0v) is 23.6. The molecule has 2 atom stereocenters. The normalized spacial score (nSPS) is 17.3. The number of fused-ring (bicyclic) bond motifs is 1. The highest BCUT2D eigenvalue weighted by Gasteiger charge is 2.47. The van der Waals surface area contributed by atoms with Crippen LogP contribution in [0.1, 0.15) is 78.7 Å². The number of carbonyl (C=O) groups excluding carboxylic acids is 1. The van der Waals surface area contributed by atoms with Crippen molar-refractivity contribution < 1.29 is 31.1 Å². The van der Waals surface area contributed by atoms with Crippen molar-refractivity contribution in [2.24, 2.45) is 0 Å². The van der Waals surface area contributed by atoms with E-state index in [4.69, 9.17) is 0 Å². The number of ketones is 1. The predicted molar refractivity (Wildman–Crippen MR) is 153 cm³/mol. The van der Waals surface area contributed by atoms with Crippen LogP contribution in [0.2, 0.25) is 0 Å². The Hall–Kier alpha value is -4.08. The molecule has 5 rings (SSSR count). The first-order chi connectivity index (χ1) is 20.4. The van der Waals surface area contributed by atoms with Crippen LogP contribution < -0.4 is 5.32 Å². The average molecular weight is 600 g/mol. The molecule has 0 saturated heterocycles. The number of halogens is 6. The highest BCUT2D eigenvalue weighted by atomic mass is 19.4. The molecule has 2 unspecified atom stereocenters. The summed E-state index contributed by atoms with van der Waals surface area (Å²) in [7, 11) is 0. The maximum absolute atomic E-state index is 14.1. The van der Waals surface area contributed by atoms with E-state index in [-0.39, 0.29) is 30.0 Å². The Balaban J connectivity index is 1.47. The largest absolute Gasteiger partial charge is 0.416 e. The molecule has 1 aliphatic rings. The van der Waals surface area contributed by atoms with Gasteiger partial charge >= 0.3 is 12.4 Å². The minimum atomic E-state index is -4.56. The Bertz CT molecular complexity index is 1570. The van der Waals surface area contributed by atoms with Gasteiger partial charge in [0.2, 0.25) is 0 Å². The van der Waals surface area contributed by atoms with Crippen LogP contribution in [-0.4, -0.2) is 21.7 Å². The molecule has 226 valence electrons. The smallest absolute Gasteiger partial charge is 0.363 e. The second-order valence-electron chi connectivity index (χ2n) is 11.0. The Morgan fingerprint density at radius 1 is 0.860 bits per heavy atom. The van der Waals surface area contributed by atoms with Crippen molar-refractivity contribution in [1.82, 2.24) is 9.78 Å². The van der Waals surface area contributed by atoms with Gasteiger partial charge in [0.25, 0.3) is 0 Å². The molecule has 1 N–H and O–H groups in total. The Kier molecular flexibility index (Phi) is 8.15. The van der Waals surface area contributed by atoms with Crippen molar-refractivity contribution in [3.05, 3.63) is 107 Å². The third kappa shape index (κ3) is 6.05. The number of hydrogen-bond donors (Lipinski definition) is 1. The van der Waals surface area contributed by atoms with Crippen LogP contribution in [0.5, 0.6) is 0 Å². The lowest BCUT2D eigenvalue weighted by atomic mass is 9.71. The summed E-state index contributed by atoms with van der Waals surface area (Å²) in [6.45, 7) is 3.89. The standard InChI is InChI=1S/C33H31F6N3O/c1-3-31(4-2,25-12-8-11-23(17-25)21-13-15-24(16-14-21)32(34,35)36)19-28(43)26-20-40-42-29(33(37,38)39)18-27(41-30(26)42)22-9-6-5-7-10-22/h5-17,20,27,29,41H,3-4,18-19H2,1-2H3. The van der Waals surface area contributed by atoms with Crippen LogP contribution in [0.4, 0.5) is 32.2 Å². The maximum Gasteiger partial charge on any atom is 0.416 e. The third-order valence-corrected chi connectivity index (χ3v) is 8.61. The molecule has 0 radical (unpaired) electrons. The monoisotopic (exact) mass is 599 g/mol. The molecule has 4 nitrogen and oxygen atoms in total. The van der Waals surface area contributed by atoms with Crippen molar-refractivity contribution >= 4 is 11.6 Å². The second-order valence-corrected chi connectivity index (χ2v) is 11.0. The number of benzene rings is 3. The van der Waals surface area contributed by atoms with E-state index in [9.17, 15) is 31.1 Å². The summed E-state index contributed by atoms with van der Waals surface area (Å²) in [5, 5.41) is 7.17. The van der Waals surface area contributed by atoms with E-state index in [0.717, 1.165) is 22.4 Å². The van der Waals surface area contributed by atoms with Gasteiger partial charge in [-0.25, -0.2) is 4.68 Å². The number of alkyl halides is 6. The molecule has 1 aromatic heterocycles. The molecule has 0 bridgehead atoms. The Morgan fingerprint density at radius 3 is 2.14 bits per heavy atom. The van der Waals surface area contributed by atoms with Crippen molar-refractivity contribution in [3.63, 3.8) is 0 Å². The van der Waals surface area contributed by atoms with Crippen LogP contribution in [0.3, 0.4) is 0 Å². The Labute approximate surface area is 245 Å². The molecule has 0 aliphatic carbocycles. The molecule has 1 aliphatic heterocycles. The molecule has 43 heavy (non-hydrogen) atoms. The van der Waals surface area contributed by atoms with Gasteiger partial charge in [-0.2, -0.15) is 31.4 Å². The van der Waals surface area contributed by atoms with Gasteiger partial charge in [-0.15, -0.1) is 0 Å². The second kappa shape index (κ2) is 11.5. The van der Waals surface area contributed by atoms with Gasteiger partial charge in [-0.1, -0.05) is 80.6 Å². The van der Waals surface area contributed by atoms with Crippen LogP contribution in [0, 0.1) is 0 Å². The first kappa shape index (κ1) is 30.4. The van der Waals surface area contributed by atoms with E-state index >= 15 is 0 Å². The van der Waals surface area contributed by atoms with E-state index in [2.05, 4.69) is 10.4 Å². The van der Waals surface area contributed by atoms with Gasteiger partial charge in [0, 0.05) is 18.3 Å². The average Bonchev–Trinajstić information content (AvgIpc) is 3.43. The van der Waals surface area contributed by atoms with Crippen molar-refractivity contribution in [3.8, 4) is 11.1 Å². The van der Waals surface area contributed by atoms with Crippen LogP contribution in [-0.2, 0) is 11.6 Å². The molecule has 3 aromatic carbocycles. The first-order valence-electron chi connectivity index (χ1n) is 14.1. The summed E-state index contributed by atoms with van der Waals surface area (Å²) >= 11 is 0. The molecule has 0 fully saturated rings. The van der Waals surface area contributed by atoms with E-state index in [1.54, 1.807) is 42.5 Å². The molecule has 4 aromatic rings. The minimum Gasteiger partial charge on any atom is -0.363 e. The summed E-state index contributed by atoms with van der Waals surface area (Å²) in [6, 6.07) is 18.5. The van der Waals surface area contributed by atoms with Gasteiger partial charge in [0.1, 0.15) is 5.82 Å². The molecular weight excluding hydrogens is 568 g/mol. The fraction of sp³-hybridized carbons (Fsp3) is 0.333. The van der Waals surface area contributed by atoms with Crippen molar-refractivity contribution in [2.75, 3.05) is 5.32 Å². The number of carbonyl (C=O) groups is 1. The maximum atomic E-state index is 14.1. The van der Waals surface area contributed by atoms with E-state index in [1.165, 1.54) is 18.3 Å². The Morgan fingerprint density at radius 2 is 1.53 bits per heavy atom. The van der Waals surface area contributed by atoms with Crippen molar-refractivity contribution in [1.29, 1.82) is 0 Å². The summed E-state index contributed by atoms with van der Waals surface area (Å²) < 4.78 is 82.5. The summed E-state index contributed by atoms with van der Waals surface area (Å²) in [6.07, 6.45) is -6.93. The lowest BCUT2D eigenvalue weighted by molar-refractivity contribution is -0.173. The number of aromatic nitrogens is 2. The SMILES string of the molecule is CCC(CC)(CC(=O)c1cnn2c1NC(c1ccccc1)CC2C(F)(F)F)c1cccc(-c2ccc(C(F)(F)F)cc2)c1. The molecule has 10 heteroatoms. The fourth-order valence-electron chi connectivity index (χ4n) is 5.96. The molecule has 0 saturated carbocycles. The van der Waals surface area contributed by atoms with Gasteiger partial charge in [0.05, 0.1) is 23.4 Å². The lowest BCUT2D eigenvalue weighted by Crippen LogP contribution is -2.36. The quantitative estimate of drug-likeness (QED) is 0.162. The van der Waals surface area contributed by atoms with Gasteiger partial charge in [-0.05, 0) is 47.2 Å². The number of nitrogens with zero attached hydrogens (tertiary/aromatic N) is 2. The number of rotatable bonds is 8. The fourth-order valence-corrected chi connectivity index (χ4v) is 5.96. The molecule has 0 spiro atoms. The van der Waals surface area contributed by atoms with E-state index < -0.39 is 35.4 Å². The van der Waals surface area contributed by atoms with Crippen LogP contribution in [0.15, 0.2) is 85.1 Å². The zero-order chi connectivity index (χ0) is 31.0. The van der Waals surface area contributed by atoms with Crippen LogP contribution in [0.25, 0.3) is 11.1 Å². The molecular formula is C33H31F6N3O. The van der Waals surface area contributed by atoms with E-state index in [0.29, 0.717) is 29.5 Å².